The van der Waals surface area contributed by atoms with Crippen molar-refractivity contribution in [3.63, 3.8) is 0 Å². The first-order valence-corrected chi connectivity index (χ1v) is 4.65. The maximum absolute atomic E-state index is 4.04. The third kappa shape index (κ3) is 1.23. The van der Waals surface area contributed by atoms with Crippen LogP contribution in [0.5, 0.6) is 0 Å². The van der Waals surface area contributed by atoms with E-state index in [4.69, 9.17) is 0 Å². The quantitative estimate of drug-likeness (QED) is 0.530. The van der Waals surface area contributed by atoms with E-state index in [0.717, 1.165) is 11.8 Å². The minimum absolute atomic E-state index is 0.528. The highest BCUT2D eigenvalue weighted by molar-refractivity contribution is 5.11. The lowest BCUT2D eigenvalue weighted by Crippen LogP contribution is -2.44. The van der Waals surface area contributed by atoms with Gasteiger partial charge < -0.3 is 0 Å². The Balaban J connectivity index is 2.61. The van der Waals surface area contributed by atoms with Crippen LogP contribution in [-0.2, 0) is 0 Å². The molecule has 0 unspecified atom stereocenters. The van der Waals surface area contributed by atoms with Gasteiger partial charge in [-0.25, -0.2) is 0 Å². The maximum Gasteiger partial charge on any atom is -0.0152 e. The molecule has 1 aliphatic carbocycles. The van der Waals surface area contributed by atoms with Crippen LogP contribution in [0.4, 0.5) is 0 Å². The van der Waals surface area contributed by atoms with Gasteiger partial charge in [-0.05, 0) is 30.6 Å². The Kier molecular flexibility index (Phi) is 2.13. The summed E-state index contributed by atoms with van der Waals surface area (Å²) >= 11 is 0. The molecule has 1 saturated carbocycles. The maximum atomic E-state index is 4.04. The van der Waals surface area contributed by atoms with Crippen LogP contribution in [0.15, 0.2) is 12.2 Å². The van der Waals surface area contributed by atoms with Crippen molar-refractivity contribution in [3.8, 4) is 0 Å². The molecule has 0 heterocycles. The van der Waals surface area contributed by atoms with Crippen molar-refractivity contribution in [1.29, 1.82) is 0 Å². The second-order valence-electron chi connectivity index (χ2n) is 4.56. The lowest BCUT2D eigenvalue weighted by atomic mass is 9.52. The summed E-state index contributed by atoms with van der Waals surface area (Å²) in [5, 5.41) is 0. The second kappa shape index (κ2) is 2.66. The molecule has 0 aromatic heterocycles. The van der Waals surface area contributed by atoms with Crippen LogP contribution in [0, 0.1) is 17.3 Å². The van der Waals surface area contributed by atoms with Gasteiger partial charge in [-0.2, -0.15) is 0 Å². The summed E-state index contributed by atoms with van der Waals surface area (Å²) in [6, 6.07) is 0. The lowest BCUT2D eigenvalue weighted by Gasteiger charge is -2.53. The monoisotopic (exact) mass is 152 g/mol. The molecule has 11 heavy (non-hydrogen) atoms. The predicted octanol–water partition coefficient (Wildman–Crippen LogP) is 3.63. The smallest absolute Gasteiger partial charge is 0.0152 e. The Bertz CT molecular complexity index is 165. The van der Waals surface area contributed by atoms with Crippen molar-refractivity contribution in [1.82, 2.24) is 0 Å². The molecular formula is C11H20. The molecule has 1 aliphatic rings. The molecular weight excluding hydrogens is 132 g/mol. The highest BCUT2D eigenvalue weighted by Gasteiger charge is 2.46. The van der Waals surface area contributed by atoms with Crippen molar-refractivity contribution in [2.24, 2.45) is 17.3 Å². The molecule has 0 heteroatoms. The molecule has 0 aromatic carbocycles. The summed E-state index contributed by atoms with van der Waals surface area (Å²) in [5.41, 5.74) is 1.90. The molecule has 1 rings (SSSR count). The zero-order valence-corrected chi connectivity index (χ0v) is 8.28. The zero-order chi connectivity index (χ0) is 8.65. The summed E-state index contributed by atoms with van der Waals surface area (Å²) < 4.78 is 0. The summed E-state index contributed by atoms with van der Waals surface area (Å²) in [5.74, 6) is 1.72. The van der Waals surface area contributed by atoms with E-state index in [-0.39, 0.29) is 0 Å². The van der Waals surface area contributed by atoms with Crippen LogP contribution in [-0.4, -0.2) is 0 Å². The average molecular weight is 152 g/mol. The van der Waals surface area contributed by atoms with Crippen LogP contribution >= 0.6 is 0 Å². The molecule has 0 aromatic rings. The zero-order valence-electron chi connectivity index (χ0n) is 8.28. The SMILES string of the molecule is C=C(C)[C@@H]1C[C@H](CC)C1(C)C. The van der Waals surface area contributed by atoms with Crippen molar-refractivity contribution < 1.29 is 0 Å². The molecule has 1 fully saturated rings. The number of rotatable bonds is 2. The minimum Gasteiger partial charge on any atom is -0.0998 e. The van der Waals surface area contributed by atoms with Crippen LogP contribution < -0.4 is 0 Å². The van der Waals surface area contributed by atoms with Gasteiger partial charge in [0.25, 0.3) is 0 Å². The standard InChI is InChI=1S/C11H20/c1-6-9-7-10(8(2)3)11(9,4)5/h9-10H,2,6-7H2,1,3-5H3/t9-,10-/m0/s1. The van der Waals surface area contributed by atoms with Gasteiger partial charge in [-0.3, -0.25) is 0 Å². The van der Waals surface area contributed by atoms with Crippen LogP contribution in [0.3, 0.4) is 0 Å². The first kappa shape index (κ1) is 8.83. The molecule has 0 bridgehead atoms. The van der Waals surface area contributed by atoms with Crippen molar-refractivity contribution in [2.45, 2.75) is 40.5 Å². The largest absolute Gasteiger partial charge is 0.0998 e. The number of allylic oxidation sites excluding steroid dienone is 1. The van der Waals surface area contributed by atoms with Gasteiger partial charge in [-0.15, -0.1) is 0 Å². The van der Waals surface area contributed by atoms with E-state index in [1.54, 1.807) is 0 Å². The first-order chi connectivity index (χ1) is 5.00. The average Bonchev–Trinajstić information content (AvgIpc) is 1.85. The molecule has 0 radical (unpaired) electrons. The molecule has 64 valence electrons. The van der Waals surface area contributed by atoms with E-state index in [2.05, 4.69) is 34.3 Å². The molecule has 0 N–H and O–H groups in total. The fraction of sp³-hybridized carbons (Fsp3) is 0.818. The normalized spacial score (nSPS) is 34.5. The fourth-order valence-electron chi connectivity index (χ4n) is 2.55. The van der Waals surface area contributed by atoms with E-state index < -0.39 is 0 Å². The van der Waals surface area contributed by atoms with E-state index >= 15 is 0 Å². The second-order valence-corrected chi connectivity index (χ2v) is 4.56. The highest BCUT2D eigenvalue weighted by atomic mass is 14.5. The molecule has 2 atom stereocenters. The topological polar surface area (TPSA) is 0 Å². The third-order valence-electron chi connectivity index (χ3n) is 3.56. The van der Waals surface area contributed by atoms with E-state index in [0.29, 0.717) is 5.41 Å². The summed E-state index contributed by atoms with van der Waals surface area (Å²) in [7, 11) is 0. The van der Waals surface area contributed by atoms with Crippen molar-refractivity contribution in [3.05, 3.63) is 12.2 Å². The van der Waals surface area contributed by atoms with Gasteiger partial charge in [0.05, 0.1) is 0 Å². The summed E-state index contributed by atoms with van der Waals surface area (Å²) in [6.07, 6.45) is 2.70. The predicted molar refractivity (Wildman–Crippen MR) is 50.5 cm³/mol. The minimum atomic E-state index is 0.528. The van der Waals surface area contributed by atoms with Crippen LogP contribution in [0.1, 0.15) is 40.5 Å². The van der Waals surface area contributed by atoms with Gasteiger partial charge in [-0.1, -0.05) is 39.3 Å². The Labute approximate surface area is 70.7 Å². The summed E-state index contributed by atoms with van der Waals surface area (Å²) in [4.78, 5) is 0. The van der Waals surface area contributed by atoms with E-state index in [1.807, 2.05) is 0 Å². The molecule has 0 saturated heterocycles. The van der Waals surface area contributed by atoms with Gasteiger partial charge in [0, 0.05) is 0 Å². The van der Waals surface area contributed by atoms with E-state index in [9.17, 15) is 0 Å². The Hall–Kier alpha value is -0.260. The highest BCUT2D eigenvalue weighted by Crippen LogP contribution is 2.55. The van der Waals surface area contributed by atoms with Gasteiger partial charge in [0.15, 0.2) is 0 Å². The molecule has 0 spiro atoms. The van der Waals surface area contributed by atoms with Crippen molar-refractivity contribution in [2.75, 3.05) is 0 Å². The van der Waals surface area contributed by atoms with Crippen LogP contribution in [0.2, 0.25) is 0 Å². The van der Waals surface area contributed by atoms with Crippen LogP contribution in [0.25, 0.3) is 0 Å². The first-order valence-electron chi connectivity index (χ1n) is 4.65. The lowest BCUT2D eigenvalue weighted by molar-refractivity contribution is 0.00216. The van der Waals surface area contributed by atoms with Crippen molar-refractivity contribution >= 4 is 0 Å². The summed E-state index contributed by atoms with van der Waals surface area (Å²) in [6.45, 7) is 13.3. The molecule has 0 aliphatic heterocycles. The Morgan fingerprint density at radius 3 is 2.36 bits per heavy atom. The third-order valence-corrected chi connectivity index (χ3v) is 3.56. The Morgan fingerprint density at radius 2 is 2.09 bits per heavy atom. The molecule has 0 amide bonds. The Morgan fingerprint density at radius 1 is 1.55 bits per heavy atom. The number of hydrogen-bond donors (Lipinski definition) is 0. The number of hydrogen-bond acceptors (Lipinski definition) is 0. The van der Waals surface area contributed by atoms with Gasteiger partial charge in [0.2, 0.25) is 0 Å². The molecule has 0 nitrogen and oxygen atoms in total. The van der Waals surface area contributed by atoms with E-state index in [1.165, 1.54) is 18.4 Å². The fourth-order valence-corrected chi connectivity index (χ4v) is 2.55. The van der Waals surface area contributed by atoms with Gasteiger partial charge >= 0.3 is 0 Å². The van der Waals surface area contributed by atoms with Gasteiger partial charge in [0.1, 0.15) is 0 Å².